The van der Waals surface area contributed by atoms with Gasteiger partial charge in [-0.1, -0.05) is 30.3 Å². The summed E-state index contributed by atoms with van der Waals surface area (Å²) in [5.41, 5.74) is 0.323. The summed E-state index contributed by atoms with van der Waals surface area (Å²) in [6, 6.07) is 9.87. The molecule has 2 atom stereocenters. The molecule has 0 spiro atoms. The SMILES string of the molecule is CC(C)(O)[C@H](CSCc1ccccc1)NC(=O)[C@@H]1CCCN1. The van der Waals surface area contributed by atoms with Gasteiger partial charge in [0.2, 0.25) is 5.91 Å². The van der Waals surface area contributed by atoms with Gasteiger partial charge in [-0.15, -0.1) is 0 Å². The third-order valence-corrected chi connectivity index (χ3v) is 5.05. The van der Waals surface area contributed by atoms with Gasteiger partial charge in [0.15, 0.2) is 0 Å². The van der Waals surface area contributed by atoms with Crippen LogP contribution in [-0.2, 0) is 10.5 Å². The van der Waals surface area contributed by atoms with Gasteiger partial charge < -0.3 is 15.7 Å². The number of aliphatic hydroxyl groups is 1. The topological polar surface area (TPSA) is 61.4 Å². The van der Waals surface area contributed by atoms with E-state index in [-0.39, 0.29) is 18.0 Å². The predicted octanol–water partition coefficient (Wildman–Crippen LogP) is 1.93. The summed E-state index contributed by atoms with van der Waals surface area (Å²) in [5, 5.41) is 16.5. The molecule has 1 aliphatic rings. The fraction of sp³-hybridized carbons (Fsp3) is 0.588. The Kier molecular flexibility index (Phi) is 6.29. The highest BCUT2D eigenvalue weighted by Crippen LogP contribution is 2.19. The number of hydrogen-bond acceptors (Lipinski definition) is 4. The summed E-state index contributed by atoms with van der Waals surface area (Å²) in [6.45, 7) is 4.40. The van der Waals surface area contributed by atoms with Crippen LogP contribution in [0.1, 0.15) is 32.3 Å². The first kappa shape index (κ1) is 17.3. The lowest BCUT2D eigenvalue weighted by atomic mass is 10.00. The van der Waals surface area contributed by atoms with E-state index in [1.807, 2.05) is 18.2 Å². The van der Waals surface area contributed by atoms with Gasteiger partial charge >= 0.3 is 0 Å². The maximum atomic E-state index is 12.2. The van der Waals surface area contributed by atoms with Gasteiger partial charge in [0.05, 0.1) is 17.7 Å². The van der Waals surface area contributed by atoms with Crippen molar-refractivity contribution in [1.82, 2.24) is 10.6 Å². The Morgan fingerprint density at radius 2 is 2.18 bits per heavy atom. The molecule has 0 aliphatic carbocycles. The number of carbonyl (C=O) groups excluding carboxylic acids is 1. The highest BCUT2D eigenvalue weighted by molar-refractivity contribution is 7.98. The summed E-state index contributed by atoms with van der Waals surface area (Å²) >= 11 is 1.73. The molecule has 0 bridgehead atoms. The van der Waals surface area contributed by atoms with Crippen LogP contribution in [0.3, 0.4) is 0 Å². The first-order valence-corrected chi connectivity index (χ1v) is 9.00. The fourth-order valence-corrected chi connectivity index (χ4v) is 3.74. The van der Waals surface area contributed by atoms with Crippen molar-refractivity contribution in [3.05, 3.63) is 35.9 Å². The Labute approximate surface area is 137 Å². The van der Waals surface area contributed by atoms with Crippen molar-refractivity contribution in [2.24, 2.45) is 0 Å². The van der Waals surface area contributed by atoms with E-state index in [2.05, 4.69) is 22.8 Å². The van der Waals surface area contributed by atoms with Gasteiger partial charge in [-0.05, 0) is 38.8 Å². The molecule has 4 nitrogen and oxygen atoms in total. The number of benzene rings is 1. The summed E-state index contributed by atoms with van der Waals surface area (Å²) < 4.78 is 0. The largest absolute Gasteiger partial charge is 0.388 e. The Bertz CT molecular complexity index is 467. The zero-order valence-electron chi connectivity index (χ0n) is 13.3. The average Bonchev–Trinajstić information content (AvgIpc) is 3.00. The molecule has 0 aromatic heterocycles. The van der Waals surface area contributed by atoms with Crippen molar-refractivity contribution in [1.29, 1.82) is 0 Å². The van der Waals surface area contributed by atoms with E-state index in [0.29, 0.717) is 5.75 Å². The van der Waals surface area contributed by atoms with Gasteiger partial charge in [-0.2, -0.15) is 11.8 Å². The molecule has 0 unspecified atom stereocenters. The monoisotopic (exact) mass is 322 g/mol. The normalized spacial score (nSPS) is 19.9. The van der Waals surface area contributed by atoms with Crippen LogP contribution in [0, 0.1) is 0 Å². The molecule has 122 valence electrons. The molecular formula is C17H26N2O2S. The summed E-state index contributed by atoms with van der Waals surface area (Å²) in [5.74, 6) is 1.58. The van der Waals surface area contributed by atoms with E-state index in [1.165, 1.54) is 5.56 Å². The lowest BCUT2D eigenvalue weighted by Crippen LogP contribution is -2.54. The second kappa shape index (κ2) is 7.99. The molecule has 0 radical (unpaired) electrons. The molecule has 1 aromatic rings. The Morgan fingerprint density at radius 3 is 2.77 bits per heavy atom. The van der Waals surface area contributed by atoms with Crippen LogP contribution >= 0.6 is 11.8 Å². The standard InChI is InChI=1S/C17H26N2O2S/c1-17(2,21)15(19-16(20)14-9-6-10-18-14)12-22-11-13-7-4-3-5-8-13/h3-5,7-8,14-15,18,21H,6,9-12H2,1-2H3,(H,19,20)/t14-,15-/m0/s1. The highest BCUT2D eigenvalue weighted by atomic mass is 32.2. The minimum atomic E-state index is -0.933. The van der Waals surface area contributed by atoms with Gasteiger partial charge in [-0.25, -0.2) is 0 Å². The quantitative estimate of drug-likeness (QED) is 0.718. The van der Waals surface area contributed by atoms with Crippen LogP contribution in [0.15, 0.2) is 30.3 Å². The smallest absolute Gasteiger partial charge is 0.237 e. The van der Waals surface area contributed by atoms with Gasteiger partial charge in [0.25, 0.3) is 0 Å². The Morgan fingerprint density at radius 1 is 1.45 bits per heavy atom. The summed E-state index contributed by atoms with van der Waals surface area (Å²) in [4.78, 5) is 12.2. The third-order valence-electron chi connectivity index (χ3n) is 3.94. The number of thioether (sulfide) groups is 1. The van der Waals surface area contributed by atoms with Crippen molar-refractivity contribution in [2.75, 3.05) is 12.3 Å². The van der Waals surface area contributed by atoms with E-state index in [4.69, 9.17) is 0 Å². The Hall–Kier alpha value is -1.04. The number of amides is 1. The minimum Gasteiger partial charge on any atom is -0.388 e. The van der Waals surface area contributed by atoms with Crippen molar-refractivity contribution >= 4 is 17.7 Å². The first-order chi connectivity index (χ1) is 10.5. The molecule has 1 amide bonds. The van der Waals surface area contributed by atoms with Crippen molar-refractivity contribution < 1.29 is 9.90 Å². The highest BCUT2D eigenvalue weighted by Gasteiger charge is 2.31. The third kappa shape index (κ3) is 5.30. The molecule has 1 fully saturated rings. The molecule has 1 aromatic carbocycles. The molecule has 22 heavy (non-hydrogen) atoms. The maximum absolute atomic E-state index is 12.2. The lowest BCUT2D eigenvalue weighted by Gasteiger charge is -2.31. The van der Waals surface area contributed by atoms with E-state index in [9.17, 15) is 9.90 Å². The number of rotatable bonds is 7. The number of nitrogens with one attached hydrogen (secondary N) is 2. The van der Waals surface area contributed by atoms with Gasteiger partial charge in [0.1, 0.15) is 0 Å². The van der Waals surface area contributed by atoms with Gasteiger partial charge in [-0.3, -0.25) is 4.79 Å². The molecule has 2 rings (SSSR count). The molecular weight excluding hydrogens is 296 g/mol. The predicted molar refractivity (Wildman–Crippen MR) is 91.9 cm³/mol. The van der Waals surface area contributed by atoms with Crippen molar-refractivity contribution in [3.8, 4) is 0 Å². The van der Waals surface area contributed by atoms with E-state index < -0.39 is 5.60 Å². The number of hydrogen-bond donors (Lipinski definition) is 3. The molecule has 1 aliphatic heterocycles. The van der Waals surface area contributed by atoms with E-state index >= 15 is 0 Å². The zero-order chi connectivity index (χ0) is 16.0. The molecule has 0 saturated carbocycles. The number of carbonyl (C=O) groups is 1. The van der Waals surface area contributed by atoms with E-state index in [0.717, 1.165) is 25.1 Å². The summed E-state index contributed by atoms with van der Waals surface area (Å²) in [6.07, 6.45) is 1.91. The lowest BCUT2D eigenvalue weighted by molar-refractivity contribution is -0.125. The molecule has 5 heteroatoms. The second-order valence-electron chi connectivity index (χ2n) is 6.36. The van der Waals surface area contributed by atoms with Crippen LogP contribution in [0.4, 0.5) is 0 Å². The van der Waals surface area contributed by atoms with Crippen LogP contribution < -0.4 is 10.6 Å². The van der Waals surface area contributed by atoms with Crippen LogP contribution in [0.5, 0.6) is 0 Å². The minimum absolute atomic E-state index is 0.00457. The zero-order valence-corrected chi connectivity index (χ0v) is 14.2. The second-order valence-corrected chi connectivity index (χ2v) is 7.39. The maximum Gasteiger partial charge on any atom is 0.237 e. The van der Waals surface area contributed by atoms with Crippen molar-refractivity contribution in [2.45, 2.75) is 50.1 Å². The van der Waals surface area contributed by atoms with Crippen molar-refractivity contribution in [3.63, 3.8) is 0 Å². The van der Waals surface area contributed by atoms with Crippen LogP contribution in [0.25, 0.3) is 0 Å². The molecule has 1 heterocycles. The van der Waals surface area contributed by atoms with Crippen LogP contribution in [0.2, 0.25) is 0 Å². The molecule has 3 N–H and O–H groups in total. The Balaban J connectivity index is 1.85. The fourth-order valence-electron chi connectivity index (χ4n) is 2.47. The van der Waals surface area contributed by atoms with E-state index in [1.54, 1.807) is 25.6 Å². The first-order valence-electron chi connectivity index (χ1n) is 7.84. The van der Waals surface area contributed by atoms with Gasteiger partial charge in [0, 0.05) is 11.5 Å². The molecule has 1 saturated heterocycles. The summed E-state index contributed by atoms with van der Waals surface area (Å²) in [7, 11) is 0. The van der Waals surface area contributed by atoms with Crippen LogP contribution in [-0.4, -0.2) is 41.0 Å². The average molecular weight is 322 g/mol.